The van der Waals surface area contributed by atoms with Crippen LogP contribution < -0.4 is 20.7 Å². The van der Waals surface area contributed by atoms with E-state index in [1.165, 1.54) is 0 Å². The standard InChI is InChI=1S/C56H46N4O2/c61-55-47-35-45(57(39-19-7-1-8-20-39)40-21-9-2-10-22-40)31-33-51(47)59(43-27-15-5-16-28-43)53-38-50-54(37-49(53)55)60(44-29-17-6-18-30-44)52-34-32-46(36-48(52)56(50)62)58(41-23-11-3-12-24-41)42-25-13-4-14-26-42/h1-4,7-15,17,19-27,29,31-38,43-44H,5-6,16,18,28,30H2. The molecule has 2 heterocycles. The first kappa shape index (κ1) is 37.6. The highest BCUT2D eigenvalue weighted by atomic mass is 16.1. The zero-order valence-corrected chi connectivity index (χ0v) is 34.5. The summed E-state index contributed by atoms with van der Waals surface area (Å²) in [6.07, 6.45) is 15.1. The molecule has 302 valence electrons. The van der Waals surface area contributed by atoms with Crippen molar-refractivity contribution in [3.8, 4) is 0 Å². The Morgan fingerprint density at radius 2 is 0.710 bits per heavy atom. The minimum atomic E-state index is -0.0362. The number of hydrogen-bond donors (Lipinski definition) is 0. The number of anilines is 6. The van der Waals surface area contributed by atoms with Crippen molar-refractivity contribution in [1.82, 2.24) is 9.13 Å². The molecule has 11 rings (SSSR count). The van der Waals surface area contributed by atoms with Gasteiger partial charge in [0.05, 0.1) is 34.2 Å². The van der Waals surface area contributed by atoms with Crippen LogP contribution in [0.2, 0.25) is 0 Å². The van der Waals surface area contributed by atoms with Gasteiger partial charge in [0.2, 0.25) is 0 Å². The second-order valence-electron chi connectivity index (χ2n) is 16.6. The zero-order valence-electron chi connectivity index (χ0n) is 34.5. The molecule has 2 aliphatic rings. The molecule has 0 saturated carbocycles. The van der Waals surface area contributed by atoms with Crippen molar-refractivity contribution in [1.29, 1.82) is 0 Å². The minimum absolute atomic E-state index is 0.0258. The van der Waals surface area contributed by atoms with Crippen LogP contribution in [-0.4, -0.2) is 9.13 Å². The molecule has 2 atom stereocenters. The number of pyridine rings is 2. The maximum absolute atomic E-state index is 15.3. The lowest BCUT2D eigenvalue weighted by Crippen LogP contribution is -2.20. The monoisotopic (exact) mass is 806 g/mol. The predicted molar refractivity (Wildman–Crippen MR) is 258 cm³/mol. The van der Waals surface area contributed by atoms with E-state index in [4.69, 9.17) is 0 Å². The fourth-order valence-electron chi connectivity index (χ4n) is 9.94. The van der Waals surface area contributed by atoms with Crippen LogP contribution >= 0.6 is 0 Å². The molecule has 0 N–H and O–H groups in total. The van der Waals surface area contributed by atoms with Crippen LogP contribution in [0.4, 0.5) is 34.1 Å². The molecular formula is C56H46N4O2. The second-order valence-corrected chi connectivity index (χ2v) is 16.6. The summed E-state index contributed by atoms with van der Waals surface area (Å²) in [6, 6.07) is 57.9. The van der Waals surface area contributed by atoms with E-state index in [0.29, 0.717) is 21.5 Å². The molecule has 6 heteroatoms. The van der Waals surface area contributed by atoms with Crippen molar-refractivity contribution < 1.29 is 0 Å². The molecule has 6 nitrogen and oxygen atoms in total. The summed E-state index contributed by atoms with van der Waals surface area (Å²) in [5.41, 5.74) is 9.08. The highest BCUT2D eigenvalue weighted by Gasteiger charge is 2.25. The molecule has 9 aromatic rings. The predicted octanol–water partition coefficient (Wildman–Crippen LogP) is 14.1. The largest absolute Gasteiger partial charge is 0.333 e. The minimum Gasteiger partial charge on any atom is -0.333 e. The number of hydrogen-bond acceptors (Lipinski definition) is 4. The van der Waals surface area contributed by atoms with Crippen LogP contribution in [0.3, 0.4) is 0 Å². The van der Waals surface area contributed by atoms with Crippen LogP contribution in [0, 0.1) is 0 Å². The molecule has 2 unspecified atom stereocenters. The number of para-hydroxylation sites is 4. The first-order valence-electron chi connectivity index (χ1n) is 21.9. The molecule has 0 saturated heterocycles. The van der Waals surface area contributed by atoms with Gasteiger partial charge in [-0.3, -0.25) is 9.59 Å². The van der Waals surface area contributed by atoms with Crippen molar-refractivity contribution >= 4 is 77.7 Å². The van der Waals surface area contributed by atoms with Gasteiger partial charge in [-0.2, -0.15) is 0 Å². The molecular weight excluding hydrogens is 761 g/mol. The van der Waals surface area contributed by atoms with Gasteiger partial charge in [0.1, 0.15) is 0 Å². The number of rotatable bonds is 8. The summed E-state index contributed by atoms with van der Waals surface area (Å²) >= 11 is 0. The van der Waals surface area contributed by atoms with Crippen molar-refractivity contribution in [2.24, 2.45) is 0 Å². The van der Waals surface area contributed by atoms with Gasteiger partial charge >= 0.3 is 0 Å². The van der Waals surface area contributed by atoms with Gasteiger partial charge in [0.25, 0.3) is 0 Å². The fraction of sp³-hybridized carbons (Fsp3) is 0.143. The Labute approximate surface area is 360 Å². The highest BCUT2D eigenvalue weighted by molar-refractivity contribution is 6.05. The number of allylic oxidation sites excluding steroid dienone is 4. The molecule has 0 spiro atoms. The van der Waals surface area contributed by atoms with Crippen molar-refractivity contribution in [3.63, 3.8) is 0 Å². The third-order valence-electron chi connectivity index (χ3n) is 12.8. The van der Waals surface area contributed by atoms with Gasteiger partial charge in [-0.25, -0.2) is 0 Å². The average molecular weight is 807 g/mol. The third-order valence-corrected chi connectivity index (χ3v) is 12.8. The summed E-state index contributed by atoms with van der Waals surface area (Å²) < 4.78 is 4.66. The van der Waals surface area contributed by atoms with Gasteiger partial charge in [0.15, 0.2) is 10.9 Å². The number of fused-ring (bicyclic) bond motifs is 4. The van der Waals surface area contributed by atoms with Crippen molar-refractivity contribution in [2.75, 3.05) is 9.80 Å². The van der Waals surface area contributed by atoms with E-state index in [0.717, 1.165) is 94.7 Å². The maximum atomic E-state index is 15.3. The first-order valence-corrected chi connectivity index (χ1v) is 21.9. The third kappa shape index (κ3) is 6.51. The molecule has 0 fully saturated rings. The maximum Gasteiger partial charge on any atom is 0.197 e. The van der Waals surface area contributed by atoms with Gasteiger partial charge in [-0.1, -0.05) is 97.1 Å². The molecule has 0 aliphatic heterocycles. The Morgan fingerprint density at radius 1 is 0.371 bits per heavy atom. The molecule has 0 radical (unpaired) electrons. The highest BCUT2D eigenvalue weighted by Crippen LogP contribution is 2.40. The summed E-state index contributed by atoms with van der Waals surface area (Å²) in [4.78, 5) is 35.0. The number of nitrogens with zero attached hydrogens (tertiary/aromatic N) is 4. The Bertz CT molecular complexity index is 3000. The topological polar surface area (TPSA) is 50.5 Å². The average Bonchev–Trinajstić information content (AvgIpc) is 3.34. The molecule has 2 aromatic heterocycles. The van der Waals surface area contributed by atoms with E-state index >= 15 is 9.59 Å². The Morgan fingerprint density at radius 3 is 1.03 bits per heavy atom. The molecule has 2 aliphatic carbocycles. The van der Waals surface area contributed by atoms with E-state index < -0.39 is 0 Å². The number of benzene rings is 7. The molecule has 7 aromatic carbocycles. The SMILES string of the molecule is O=c1c2cc(N(c3ccccc3)c3ccccc3)ccc2n(C2C=CCCC2)c2cc3c(=O)c4cc(N(c5ccccc5)c5ccccc5)ccc4n(C4C=CCCC4)c3cc12. The normalized spacial score (nSPS) is 16.3. The number of aromatic nitrogens is 2. The summed E-state index contributed by atoms with van der Waals surface area (Å²) in [5, 5.41) is 2.55. The smallest absolute Gasteiger partial charge is 0.197 e. The zero-order chi connectivity index (χ0) is 41.6. The summed E-state index contributed by atoms with van der Waals surface area (Å²) in [7, 11) is 0. The summed E-state index contributed by atoms with van der Waals surface area (Å²) in [5.74, 6) is 0. The van der Waals surface area contributed by atoms with Crippen LogP contribution in [0.1, 0.15) is 50.6 Å². The van der Waals surface area contributed by atoms with E-state index in [1.807, 2.05) is 84.9 Å². The van der Waals surface area contributed by atoms with Crippen molar-refractivity contribution in [2.45, 2.75) is 50.6 Å². The van der Waals surface area contributed by atoms with Crippen molar-refractivity contribution in [3.05, 3.63) is 215 Å². The second kappa shape index (κ2) is 15.9. The first-order chi connectivity index (χ1) is 30.6. The molecule has 62 heavy (non-hydrogen) atoms. The van der Waals surface area contributed by atoms with E-state index in [1.54, 1.807) is 0 Å². The fourth-order valence-corrected chi connectivity index (χ4v) is 9.94. The van der Waals surface area contributed by atoms with E-state index in [2.05, 4.69) is 128 Å². The lowest BCUT2D eigenvalue weighted by Gasteiger charge is -2.29. The van der Waals surface area contributed by atoms with E-state index in [9.17, 15) is 0 Å². The van der Waals surface area contributed by atoms with Crippen LogP contribution in [-0.2, 0) is 0 Å². The summed E-state index contributed by atoms with van der Waals surface area (Å²) in [6.45, 7) is 0. The molecule has 0 amide bonds. The Hall–Kier alpha value is -7.44. The van der Waals surface area contributed by atoms with Gasteiger partial charge in [-0.15, -0.1) is 0 Å². The Balaban J connectivity index is 1.20. The quantitative estimate of drug-likeness (QED) is 0.113. The van der Waals surface area contributed by atoms with Gasteiger partial charge < -0.3 is 18.9 Å². The van der Waals surface area contributed by atoms with E-state index in [-0.39, 0.29) is 22.9 Å². The lowest BCUT2D eigenvalue weighted by molar-refractivity contribution is 0.539. The lowest BCUT2D eigenvalue weighted by atomic mass is 9.97. The van der Waals surface area contributed by atoms with Gasteiger partial charge in [0, 0.05) is 55.7 Å². The van der Waals surface area contributed by atoms with Crippen LogP contribution in [0.25, 0.3) is 43.6 Å². The van der Waals surface area contributed by atoms with Crippen LogP contribution in [0.15, 0.2) is 204 Å². The van der Waals surface area contributed by atoms with Crippen LogP contribution in [0.5, 0.6) is 0 Å². The van der Waals surface area contributed by atoms with Gasteiger partial charge in [-0.05, 0) is 136 Å². The Kier molecular flexibility index (Phi) is 9.61. The molecule has 0 bridgehead atoms.